The summed E-state index contributed by atoms with van der Waals surface area (Å²) in [6.45, 7) is 4.55. The van der Waals surface area contributed by atoms with Crippen LogP contribution in [-0.2, 0) is 16.0 Å². The molecule has 4 nitrogen and oxygen atoms in total. The summed E-state index contributed by atoms with van der Waals surface area (Å²) >= 11 is 0. The summed E-state index contributed by atoms with van der Waals surface area (Å²) < 4.78 is 0. The van der Waals surface area contributed by atoms with Crippen molar-refractivity contribution in [2.75, 3.05) is 11.4 Å². The van der Waals surface area contributed by atoms with Gasteiger partial charge in [0.1, 0.15) is 6.04 Å². The minimum Gasteiger partial charge on any atom is -0.344 e. The molecule has 2 rings (SSSR count). The Hall–Kier alpha value is -1.84. The number of nitrogens with one attached hydrogen (secondary N) is 1. The molecule has 114 valence electrons. The average Bonchev–Trinajstić information content (AvgIpc) is 2.65. The van der Waals surface area contributed by atoms with Gasteiger partial charge in [-0.25, -0.2) is 0 Å². The van der Waals surface area contributed by atoms with E-state index in [-0.39, 0.29) is 11.8 Å². The van der Waals surface area contributed by atoms with Gasteiger partial charge in [-0.1, -0.05) is 32.4 Å². The fourth-order valence-corrected chi connectivity index (χ4v) is 2.60. The zero-order valence-electron chi connectivity index (χ0n) is 12.9. The second kappa shape index (κ2) is 7.25. The minimum absolute atomic E-state index is 0.00958. The van der Waals surface area contributed by atoms with Gasteiger partial charge >= 0.3 is 0 Å². The SMILES string of the molecule is CCCCc1ccc(N2CCC(=O)NC(CC)C2=O)cc1. The zero-order valence-corrected chi connectivity index (χ0v) is 12.9. The first-order valence-electron chi connectivity index (χ1n) is 7.85. The van der Waals surface area contributed by atoms with Crippen LogP contribution in [0.4, 0.5) is 5.69 Å². The molecule has 1 heterocycles. The Balaban J connectivity index is 2.15. The number of carbonyl (C=O) groups excluding carboxylic acids is 2. The van der Waals surface area contributed by atoms with Crippen LogP contribution >= 0.6 is 0 Å². The van der Waals surface area contributed by atoms with Gasteiger partial charge in [0.05, 0.1) is 0 Å². The lowest BCUT2D eigenvalue weighted by Gasteiger charge is -2.23. The lowest BCUT2D eigenvalue weighted by Crippen LogP contribution is -2.44. The highest BCUT2D eigenvalue weighted by atomic mass is 16.2. The van der Waals surface area contributed by atoms with Crippen molar-refractivity contribution in [1.29, 1.82) is 0 Å². The lowest BCUT2D eigenvalue weighted by molar-refractivity contribution is -0.125. The first kappa shape index (κ1) is 15.5. The number of rotatable bonds is 5. The molecule has 1 aliphatic rings. The van der Waals surface area contributed by atoms with Crippen LogP contribution in [0, 0.1) is 0 Å². The molecule has 21 heavy (non-hydrogen) atoms. The van der Waals surface area contributed by atoms with Gasteiger partial charge in [-0.3, -0.25) is 9.59 Å². The summed E-state index contributed by atoms with van der Waals surface area (Å²) in [4.78, 5) is 25.9. The third kappa shape index (κ3) is 3.84. The first-order valence-corrected chi connectivity index (χ1v) is 7.85. The topological polar surface area (TPSA) is 49.4 Å². The summed E-state index contributed by atoms with van der Waals surface area (Å²) in [7, 11) is 0. The number of carbonyl (C=O) groups is 2. The van der Waals surface area contributed by atoms with E-state index in [1.807, 2.05) is 19.1 Å². The van der Waals surface area contributed by atoms with E-state index in [0.717, 1.165) is 12.1 Å². The van der Waals surface area contributed by atoms with Gasteiger partial charge in [-0.05, 0) is 37.0 Å². The molecule has 4 heteroatoms. The molecule has 1 aromatic carbocycles. The molecule has 0 aliphatic carbocycles. The quantitative estimate of drug-likeness (QED) is 0.905. The lowest BCUT2D eigenvalue weighted by atomic mass is 10.1. The predicted molar refractivity (Wildman–Crippen MR) is 84.2 cm³/mol. The second-order valence-corrected chi connectivity index (χ2v) is 5.54. The number of aryl methyl sites for hydroxylation is 1. The van der Waals surface area contributed by atoms with E-state index < -0.39 is 6.04 Å². The Morgan fingerprint density at radius 3 is 2.52 bits per heavy atom. The Morgan fingerprint density at radius 1 is 1.19 bits per heavy atom. The van der Waals surface area contributed by atoms with Crippen LogP contribution in [0.25, 0.3) is 0 Å². The van der Waals surface area contributed by atoms with E-state index in [9.17, 15) is 9.59 Å². The number of hydrogen-bond donors (Lipinski definition) is 1. The Bertz CT molecular complexity index is 496. The molecular weight excluding hydrogens is 264 g/mol. The zero-order chi connectivity index (χ0) is 15.2. The largest absolute Gasteiger partial charge is 0.344 e. The van der Waals surface area contributed by atoms with Crippen LogP contribution in [-0.4, -0.2) is 24.4 Å². The van der Waals surface area contributed by atoms with Gasteiger partial charge in [0.25, 0.3) is 0 Å². The van der Waals surface area contributed by atoms with Gasteiger partial charge in [0, 0.05) is 18.7 Å². The molecule has 0 aromatic heterocycles. The van der Waals surface area contributed by atoms with E-state index in [0.29, 0.717) is 19.4 Å². The molecule has 1 N–H and O–H groups in total. The fourth-order valence-electron chi connectivity index (χ4n) is 2.60. The van der Waals surface area contributed by atoms with Crippen LogP contribution in [0.5, 0.6) is 0 Å². The number of unbranched alkanes of at least 4 members (excludes halogenated alkanes) is 1. The average molecular weight is 288 g/mol. The molecule has 1 saturated heterocycles. The van der Waals surface area contributed by atoms with Crippen LogP contribution in [0.3, 0.4) is 0 Å². The van der Waals surface area contributed by atoms with Crippen LogP contribution in [0.1, 0.15) is 45.1 Å². The monoisotopic (exact) mass is 288 g/mol. The normalized spacial score (nSPS) is 19.3. The molecule has 1 aliphatic heterocycles. The maximum Gasteiger partial charge on any atom is 0.249 e. The van der Waals surface area contributed by atoms with E-state index in [2.05, 4.69) is 24.4 Å². The molecule has 1 unspecified atom stereocenters. The number of nitrogens with zero attached hydrogens (tertiary/aromatic N) is 1. The predicted octanol–water partition coefficient (Wildman–Crippen LogP) is 2.66. The maximum atomic E-state index is 12.5. The second-order valence-electron chi connectivity index (χ2n) is 5.54. The van der Waals surface area contributed by atoms with Gasteiger partial charge in [-0.15, -0.1) is 0 Å². The maximum absolute atomic E-state index is 12.5. The van der Waals surface area contributed by atoms with Crippen molar-refractivity contribution >= 4 is 17.5 Å². The van der Waals surface area contributed by atoms with Gasteiger partial charge in [-0.2, -0.15) is 0 Å². The van der Waals surface area contributed by atoms with E-state index >= 15 is 0 Å². The fraction of sp³-hybridized carbons (Fsp3) is 0.529. The Labute approximate surface area is 126 Å². The molecule has 1 aromatic rings. The van der Waals surface area contributed by atoms with Gasteiger partial charge in [0.15, 0.2) is 0 Å². The van der Waals surface area contributed by atoms with Crippen molar-refractivity contribution in [3.8, 4) is 0 Å². The van der Waals surface area contributed by atoms with Crippen molar-refractivity contribution in [2.24, 2.45) is 0 Å². The number of amides is 2. The standard InChI is InChI=1S/C17H24N2O2/c1-3-5-6-13-7-9-14(10-8-13)19-12-11-16(20)18-15(4-2)17(19)21/h7-10,15H,3-6,11-12H2,1-2H3,(H,18,20). The Morgan fingerprint density at radius 2 is 1.90 bits per heavy atom. The Kier molecular flexibility index (Phi) is 5.37. The summed E-state index contributed by atoms with van der Waals surface area (Å²) in [5.41, 5.74) is 2.18. The molecule has 0 saturated carbocycles. The smallest absolute Gasteiger partial charge is 0.249 e. The molecule has 1 atom stereocenters. The van der Waals surface area contributed by atoms with Crippen LogP contribution in [0.15, 0.2) is 24.3 Å². The summed E-state index contributed by atoms with van der Waals surface area (Å²) in [5.74, 6) is -0.0538. The summed E-state index contributed by atoms with van der Waals surface area (Å²) in [6, 6.07) is 7.75. The molecule has 1 fully saturated rings. The van der Waals surface area contributed by atoms with Crippen molar-refractivity contribution in [2.45, 2.75) is 52.0 Å². The summed E-state index contributed by atoms with van der Waals surface area (Å²) in [6.07, 6.45) is 4.41. The molecular formula is C17H24N2O2. The van der Waals surface area contributed by atoms with E-state index in [1.54, 1.807) is 4.90 Å². The van der Waals surface area contributed by atoms with E-state index in [4.69, 9.17) is 0 Å². The third-order valence-corrected chi connectivity index (χ3v) is 3.94. The summed E-state index contributed by atoms with van der Waals surface area (Å²) in [5, 5.41) is 2.79. The van der Waals surface area contributed by atoms with Gasteiger partial charge < -0.3 is 10.2 Å². The molecule has 0 spiro atoms. The van der Waals surface area contributed by atoms with Gasteiger partial charge in [0.2, 0.25) is 11.8 Å². The van der Waals surface area contributed by atoms with Crippen molar-refractivity contribution in [3.63, 3.8) is 0 Å². The number of benzene rings is 1. The van der Waals surface area contributed by atoms with Crippen molar-refractivity contribution in [1.82, 2.24) is 5.32 Å². The van der Waals surface area contributed by atoms with Crippen LogP contribution < -0.4 is 10.2 Å². The highest BCUT2D eigenvalue weighted by Crippen LogP contribution is 2.20. The number of anilines is 1. The van der Waals surface area contributed by atoms with Crippen LogP contribution in [0.2, 0.25) is 0 Å². The molecule has 0 radical (unpaired) electrons. The number of hydrogen-bond acceptors (Lipinski definition) is 2. The molecule has 0 bridgehead atoms. The minimum atomic E-state index is -0.403. The molecule has 2 amide bonds. The third-order valence-electron chi connectivity index (χ3n) is 3.94. The van der Waals surface area contributed by atoms with Crippen molar-refractivity contribution < 1.29 is 9.59 Å². The first-order chi connectivity index (χ1) is 10.2. The van der Waals surface area contributed by atoms with E-state index in [1.165, 1.54) is 18.4 Å². The highest BCUT2D eigenvalue weighted by molar-refractivity contribution is 6.01. The highest BCUT2D eigenvalue weighted by Gasteiger charge is 2.29. The van der Waals surface area contributed by atoms with Crippen molar-refractivity contribution in [3.05, 3.63) is 29.8 Å².